The number of benzene rings is 2. The number of nitriles is 1. The van der Waals surface area contributed by atoms with Crippen molar-refractivity contribution < 1.29 is 4.39 Å². The second-order valence-electron chi connectivity index (χ2n) is 6.21. The Bertz CT molecular complexity index is 920. The molecule has 1 fully saturated rings. The molecule has 0 N–H and O–H groups in total. The highest BCUT2D eigenvalue weighted by Gasteiger charge is 2.45. The fraction of sp³-hybridized carbons (Fsp3) is 0.143. The lowest BCUT2D eigenvalue weighted by molar-refractivity contribution is 0.627. The third-order valence-electron chi connectivity index (χ3n) is 4.68. The molecule has 24 heavy (non-hydrogen) atoms. The van der Waals surface area contributed by atoms with Crippen molar-refractivity contribution in [3.8, 4) is 28.3 Å². The van der Waals surface area contributed by atoms with Crippen LogP contribution in [0.4, 0.5) is 4.39 Å². The molecule has 0 saturated heterocycles. The van der Waals surface area contributed by atoms with Crippen LogP contribution in [0.25, 0.3) is 22.3 Å². The van der Waals surface area contributed by atoms with Gasteiger partial charge in [-0.1, -0.05) is 42.5 Å². The predicted octanol–water partition coefficient (Wildman–Crippen LogP) is 5.11. The summed E-state index contributed by atoms with van der Waals surface area (Å²) in [4.78, 5) is 4.12. The summed E-state index contributed by atoms with van der Waals surface area (Å²) < 4.78 is 14.5. The molecule has 0 atom stereocenters. The van der Waals surface area contributed by atoms with E-state index in [9.17, 15) is 9.65 Å². The van der Waals surface area contributed by atoms with Gasteiger partial charge in [-0.15, -0.1) is 0 Å². The second-order valence-corrected chi connectivity index (χ2v) is 6.21. The van der Waals surface area contributed by atoms with Crippen LogP contribution in [-0.2, 0) is 5.41 Å². The van der Waals surface area contributed by atoms with Gasteiger partial charge in [0.05, 0.1) is 11.5 Å². The molecule has 1 heterocycles. The summed E-state index contributed by atoms with van der Waals surface area (Å²) in [7, 11) is 0. The van der Waals surface area contributed by atoms with E-state index in [4.69, 9.17) is 0 Å². The Morgan fingerprint density at radius 3 is 2.29 bits per heavy atom. The van der Waals surface area contributed by atoms with Gasteiger partial charge in [-0.25, -0.2) is 4.39 Å². The third-order valence-corrected chi connectivity index (χ3v) is 4.68. The Labute approximate surface area is 140 Å². The second kappa shape index (κ2) is 5.58. The Kier molecular flexibility index (Phi) is 3.39. The van der Waals surface area contributed by atoms with Crippen LogP contribution in [0.3, 0.4) is 0 Å². The fourth-order valence-electron chi connectivity index (χ4n) is 3.01. The molecule has 1 aliphatic carbocycles. The first kappa shape index (κ1) is 14.6. The summed E-state index contributed by atoms with van der Waals surface area (Å²) in [5.74, 6) is -0.275. The Hall–Kier alpha value is -2.99. The van der Waals surface area contributed by atoms with E-state index in [-0.39, 0.29) is 5.82 Å². The van der Waals surface area contributed by atoms with Crippen LogP contribution in [0.2, 0.25) is 0 Å². The first-order valence-electron chi connectivity index (χ1n) is 7.94. The van der Waals surface area contributed by atoms with Crippen molar-refractivity contribution in [3.63, 3.8) is 0 Å². The molecule has 0 bridgehead atoms. The van der Waals surface area contributed by atoms with Crippen LogP contribution < -0.4 is 0 Å². The van der Waals surface area contributed by atoms with Crippen molar-refractivity contribution in [3.05, 3.63) is 78.4 Å². The maximum Gasteiger partial charge on any atom is 0.131 e. The largest absolute Gasteiger partial charge is 0.264 e. The molecule has 2 aromatic carbocycles. The van der Waals surface area contributed by atoms with E-state index in [2.05, 4.69) is 11.1 Å². The highest BCUT2D eigenvalue weighted by molar-refractivity contribution is 5.70. The van der Waals surface area contributed by atoms with Crippen LogP contribution >= 0.6 is 0 Å². The molecule has 1 aliphatic rings. The number of pyridine rings is 1. The minimum absolute atomic E-state index is 0.275. The summed E-state index contributed by atoms with van der Waals surface area (Å²) in [5, 5.41) is 9.25. The minimum atomic E-state index is -0.455. The Balaban J connectivity index is 1.66. The lowest BCUT2D eigenvalue weighted by Gasteiger charge is -2.10. The number of hydrogen-bond acceptors (Lipinski definition) is 2. The van der Waals surface area contributed by atoms with Gasteiger partial charge in [0, 0.05) is 18.0 Å². The van der Waals surface area contributed by atoms with E-state index >= 15 is 0 Å². The topological polar surface area (TPSA) is 36.7 Å². The monoisotopic (exact) mass is 314 g/mol. The predicted molar refractivity (Wildman–Crippen MR) is 91.6 cm³/mol. The van der Waals surface area contributed by atoms with E-state index in [1.54, 1.807) is 18.5 Å². The van der Waals surface area contributed by atoms with E-state index in [1.807, 2.05) is 42.5 Å². The molecule has 1 saturated carbocycles. The molecule has 0 spiro atoms. The summed E-state index contributed by atoms with van der Waals surface area (Å²) in [6.45, 7) is 0. The van der Waals surface area contributed by atoms with Crippen LogP contribution in [0.1, 0.15) is 18.4 Å². The maximum atomic E-state index is 14.5. The van der Waals surface area contributed by atoms with Gasteiger partial charge in [-0.05, 0) is 47.2 Å². The lowest BCUT2D eigenvalue weighted by Crippen LogP contribution is -2.03. The quantitative estimate of drug-likeness (QED) is 0.673. The zero-order valence-electron chi connectivity index (χ0n) is 13.0. The van der Waals surface area contributed by atoms with Crippen LogP contribution in [0.15, 0.2) is 67.0 Å². The van der Waals surface area contributed by atoms with Crippen molar-refractivity contribution in [2.24, 2.45) is 0 Å². The average molecular weight is 314 g/mol. The first-order valence-corrected chi connectivity index (χ1v) is 7.94. The molecule has 0 radical (unpaired) electrons. The lowest BCUT2D eigenvalue weighted by atomic mass is 9.94. The van der Waals surface area contributed by atoms with Crippen molar-refractivity contribution in [1.82, 2.24) is 4.98 Å². The van der Waals surface area contributed by atoms with Gasteiger partial charge >= 0.3 is 0 Å². The maximum absolute atomic E-state index is 14.5. The van der Waals surface area contributed by atoms with Gasteiger partial charge in [0.15, 0.2) is 0 Å². The van der Waals surface area contributed by atoms with Crippen LogP contribution in [0, 0.1) is 17.1 Å². The van der Waals surface area contributed by atoms with E-state index in [0.717, 1.165) is 35.1 Å². The zero-order chi connectivity index (χ0) is 16.6. The van der Waals surface area contributed by atoms with Crippen LogP contribution in [0.5, 0.6) is 0 Å². The van der Waals surface area contributed by atoms with Gasteiger partial charge in [0.25, 0.3) is 0 Å². The molecular formula is C21H15FN2. The van der Waals surface area contributed by atoms with Gasteiger partial charge in [0.1, 0.15) is 5.82 Å². The molecule has 3 heteroatoms. The third kappa shape index (κ3) is 2.47. The number of aromatic nitrogens is 1. The Morgan fingerprint density at radius 2 is 1.71 bits per heavy atom. The average Bonchev–Trinajstić information content (AvgIpc) is 3.44. The minimum Gasteiger partial charge on any atom is -0.264 e. The first-order chi connectivity index (χ1) is 11.7. The molecule has 0 amide bonds. The van der Waals surface area contributed by atoms with E-state index < -0.39 is 5.41 Å². The van der Waals surface area contributed by atoms with Crippen molar-refractivity contribution in [1.29, 1.82) is 5.26 Å². The number of nitrogens with zero attached hydrogens (tertiary/aromatic N) is 2. The SMILES string of the molecule is N#CC1(c2ccc(-c3ccc(-c4cccnc4)cc3)c(F)c2)CC1. The van der Waals surface area contributed by atoms with Crippen LogP contribution in [-0.4, -0.2) is 4.98 Å². The Morgan fingerprint density at radius 1 is 0.958 bits per heavy atom. The summed E-state index contributed by atoms with van der Waals surface area (Å²) >= 11 is 0. The highest BCUT2D eigenvalue weighted by atomic mass is 19.1. The normalized spacial score (nSPS) is 14.8. The molecule has 1 aromatic heterocycles. The zero-order valence-corrected chi connectivity index (χ0v) is 13.0. The molecular weight excluding hydrogens is 299 g/mol. The molecule has 0 unspecified atom stereocenters. The molecule has 2 nitrogen and oxygen atoms in total. The smallest absolute Gasteiger partial charge is 0.131 e. The fourth-order valence-corrected chi connectivity index (χ4v) is 3.01. The summed E-state index contributed by atoms with van der Waals surface area (Å²) in [6, 6.07) is 19.1. The van der Waals surface area contributed by atoms with E-state index in [1.165, 1.54) is 6.07 Å². The molecule has 4 rings (SSSR count). The van der Waals surface area contributed by atoms with Crippen molar-refractivity contribution in [2.75, 3.05) is 0 Å². The van der Waals surface area contributed by atoms with Gasteiger partial charge in [-0.2, -0.15) is 5.26 Å². The van der Waals surface area contributed by atoms with Gasteiger partial charge in [-0.3, -0.25) is 4.98 Å². The number of halogens is 1. The van der Waals surface area contributed by atoms with Gasteiger partial charge in [0.2, 0.25) is 0 Å². The molecule has 116 valence electrons. The van der Waals surface area contributed by atoms with E-state index in [0.29, 0.717) is 5.56 Å². The molecule has 0 aliphatic heterocycles. The summed E-state index contributed by atoms with van der Waals surface area (Å²) in [6.07, 6.45) is 5.19. The standard InChI is InChI=1S/C21H15FN2/c22-20-12-18(21(14-23)9-10-21)7-8-19(20)16-5-3-15(4-6-16)17-2-1-11-24-13-17/h1-8,11-13H,9-10H2. The van der Waals surface area contributed by atoms with Crippen molar-refractivity contribution >= 4 is 0 Å². The highest BCUT2D eigenvalue weighted by Crippen LogP contribution is 2.48. The van der Waals surface area contributed by atoms with Gasteiger partial charge < -0.3 is 0 Å². The molecule has 3 aromatic rings. The number of rotatable bonds is 3. The van der Waals surface area contributed by atoms with Crippen molar-refractivity contribution in [2.45, 2.75) is 18.3 Å². The summed E-state index contributed by atoms with van der Waals surface area (Å²) in [5.41, 5.74) is 3.80. The number of hydrogen-bond donors (Lipinski definition) is 0.